The van der Waals surface area contributed by atoms with Crippen molar-refractivity contribution >= 4 is 0 Å². The lowest BCUT2D eigenvalue weighted by Crippen LogP contribution is -2.01. The minimum absolute atomic E-state index is 0.504. The number of hydrogen-bond donors (Lipinski definition) is 1. The number of hydrogen-bond acceptors (Lipinski definition) is 3. The number of aliphatic hydroxyl groups is 1. The van der Waals surface area contributed by atoms with Crippen LogP contribution in [0.2, 0.25) is 0 Å². The van der Waals surface area contributed by atoms with Gasteiger partial charge in [0, 0.05) is 18.0 Å². The molecule has 1 heterocycles. The van der Waals surface area contributed by atoms with Crippen LogP contribution in [-0.2, 0) is 0 Å². The lowest BCUT2D eigenvalue weighted by Gasteiger charge is -2.12. The SMILES string of the molecule is C=C(C)COc1ccc(C(O)c2cccnc2)cc1. The van der Waals surface area contributed by atoms with Gasteiger partial charge < -0.3 is 9.84 Å². The van der Waals surface area contributed by atoms with Crippen LogP contribution in [0.4, 0.5) is 0 Å². The Labute approximate surface area is 113 Å². The third kappa shape index (κ3) is 3.66. The Bertz CT molecular complexity index is 534. The average Bonchev–Trinajstić information content (AvgIpc) is 2.46. The van der Waals surface area contributed by atoms with Gasteiger partial charge >= 0.3 is 0 Å². The molecular weight excluding hydrogens is 238 g/mol. The summed E-state index contributed by atoms with van der Waals surface area (Å²) in [6.45, 7) is 6.21. The molecule has 0 aliphatic heterocycles. The monoisotopic (exact) mass is 255 g/mol. The van der Waals surface area contributed by atoms with Gasteiger partial charge in [0.15, 0.2) is 0 Å². The number of pyridine rings is 1. The second-order valence-corrected chi connectivity index (χ2v) is 4.50. The van der Waals surface area contributed by atoms with Crippen molar-refractivity contribution in [2.24, 2.45) is 0 Å². The molecule has 98 valence electrons. The van der Waals surface area contributed by atoms with Gasteiger partial charge in [-0.1, -0.05) is 24.8 Å². The quantitative estimate of drug-likeness (QED) is 0.835. The van der Waals surface area contributed by atoms with Crippen LogP contribution in [0.5, 0.6) is 5.75 Å². The molecule has 1 aromatic heterocycles. The molecule has 0 aliphatic rings. The fraction of sp³-hybridized carbons (Fsp3) is 0.188. The van der Waals surface area contributed by atoms with Crippen molar-refractivity contribution in [1.82, 2.24) is 4.98 Å². The van der Waals surface area contributed by atoms with Gasteiger partial charge in [0.1, 0.15) is 18.5 Å². The first-order valence-electron chi connectivity index (χ1n) is 6.12. The summed E-state index contributed by atoms with van der Waals surface area (Å²) in [6.07, 6.45) is 2.69. The molecule has 0 spiro atoms. The lowest BCUT2D eigenvalue weighted by atomic mass is 10.0. The zero-order chi connectivity index (χ0) is 13.7. The second kappa shape index (κ2) is 6.16. The molecule has 2 aromatic rings. The number of rotatable bonds is 5. The van der Waals surface area contributed by atoms with E-state index in [9.17, 15) is 5.11 Å². The summed E-state index contributed by atoms with van der Waals surface area (Å²) < 4.78 is 5.51. The zero-order valence-electron chi connectivity index (χ0n) is 10.9. The largest absolute Gasteiger partial charge is 0.489 e. The van der Waals surface area contributed by atoms with E-state index in [1.54, 1.807) is 12.4 Å². The van der Waals surface area contributed by atoms with Crippen LogP contribution in [0, 0.1) is 0 Å². The van der Waals surface area contributed by atoms with Crippen molar-refractivity contribution in [3.63, 3.8) is 0 Å². The van der Waals surface area contributed by atoms with E-state index in [2.05, 4.69) is 11.6 Å². The highest BCUT2D eigenvalue weighted by molar-refractivity contribution is 5.33. The van der Waals surface area contributed by atoms with Crippen molar-refractivity contribution in [3.05, 3.63) is 72.1 Å². The van der Waals surface area contributed by atoms with Crippen LogP contribution in [-0.4, -0.2) is 16.7 Å². The van der Waals surface area contributed by atoms with Crippen LogP contribution in [0.25, 0.3) is 0 Å². The third-order valence-corrected chi connectivity index (χ3v) is 2.68. The Hall–Kier alpha value is -2.13. The van der Waals surface area contributed by atoms with Crippen molar-refractivity contribution in [2.45, 2.75) is 13.0 Å². The molecule has 0 saturated carbocycles. The molecule has 3 nitrogen and oxygen atoms in total. The van der Waals surface area contributed by atoms with Gasteiger partial charge in [0.2, 0.25) is 0 Å². The lowest BCUT2D eigenvalue weighted by molar-refractivity contribution is 0.219. The van der Waals surface area contributed by atoms with E-state index in [1.165, 1.54) is 0 Å². The average molecular weight is 255 g/mol. The summed E-state index contributed by atoms with van der Waals surface area (Å²) >= 11 is 0. The van der Waals surface area contributed by atoms with Gasteiger partial charge in [-0.25, -0.2) is 0 Å². The number of benzene rings is 1. The maximum Gasteiger partial charge on any atom is 0.119 e. The number of aromatic nitrogens is 1. The van der Waals surface area contributed by atoms with Crippen LogP contribution < -0.4 is 4.74 Å². The summed E-state index contributed by atoms with van der Waals surface area (Å²) in [7, 11) is 0. The molecule has 1 N–H and O–H groups in total. The maximum absolute atomic E-state index is 10.2. The number of nitrogens with zero attached hydrogens (tertiary/aromatic N) is 1. The zero-order valence-corrected chi connectivity index (χ0v) is 10.9. The molecule has 0 saturated heterocycles. The van der Waals surface area contributed by atoms with Crippen LogP contribution in [0.15, 0.2) is 60.9 Å². The first-order chi connectivity index (χ1) is 9.16. The normalized spacial score (nSPS) is 11.9. The summed E-state index contributed by atoms with van der Waals surface area (Å²) in [4.78, 5) is 4.00. The van der Waals surface area contributed by atoms with Crippen LogP contribution in [0.1, 0.15) is 24.2 Å². The van der Waals surface area contributed by atoms with Crippen LogP contribution >= 0.6 is 0 Å². The highest BCUT2D eigenvalue weighted by atomic mass is 16.5. The molecule has 0 fully saturated rings. The van der Waals surface area contributed by atoms with Gasteiger partial charge in [-0.3, -0.25) is 4.98 Å². The Kier molecular flexibility index (Phi) is 4.31. The Balaban J connectivity index is 2.08. The molecule has 0 amide bonds. The topological polar surface area (TPSA) is 42.4 Å². The van der Waals surface area contributed by atoms with E-state index in [-0.39, 0.29) is 0 Å². The van der Waals surface area contributed by atoms with Crippen LogP contribution in [0.3, 0.4) is 0 Å². The molecule has 3 heteroatoms. The highest BCUT2D eigenvalue weighted by Gasteiger charge is 2.10. The van der Waals surface area contributed by atoms with Crippen molar-refractivity contribution in [2.75, 3.05) is 6.61 Å². The fourth-order valence-electron chi connectivity index (χ4n) is 1.68. The first kappa shape index (κ1) is 13.3. The molecule has 0 radical (unpaired) electrons. The fourth-order valence-corrected chi connectivity index (χ4v) is 1.68. The predicted molar refractivity (Wildman–Crippen MR) is 75.0 cm³/mol. The van der Waals surface area contributed by atoms with E-state index >= 15 is 0 Å². The Morgan fingerprint density at radius 1 is 1.26 bits per heavy atom. The third-order valence-electron chi connectivity index (χ3n) is 2.68. The molecule has 0 bridgehead atoms. The Morgan fingerprint density at radius 2 is 2.00 bits per heavy atom. The van der Waals surface area contributed by atoms with Gasteiger partial charge in [-0.2, -0.15) is 0 Å². The first-order valence-corrected chi connectivity index (χ1v) is 6.12. The molecule has 19 heavy (non-hydrogen) atoms. The molecular formula is C16H17NO2. The van der Waals surface area contributed by atoms with Crippen molar-refractivity contribution in [1.29, 1.82) is 0 Å². The van der Waals surface area contributed by atoms with Gasteiger partial charge in [0.05, 0.1) is 0 Å². The standard InChI is InChI=1S/C16H17NO2/c1-12(2)11-19-15-7-5-13(6-8-15)16(18)14-4-3-9-17-10-14/h3-10,16,18H,1,11H2,2H3. The molecule has 1 unspecified atom stereocenters. The van der Waals surface area contributed by atoms with E-state index in [4.69, 9.17) is 4.74 Å². The Morgan fingerprint density at radius 3 is 2.58 bits per heavy atom. The van der Waals surface area contributed by atoms with Gasteiger partial charge in [-0.05, 0) is 36.3 Å². The molecule has 2 rings (SSSR count). The van der Waals surface area contributed by atoms with Gasteiger partial charge in [-0.15, -0.1) is 0 Å². The predicted octanol–water partition coefficient (Wildman–Crippen LogP) is 3.12. The van der Waals surface area contributed by atoms with E-state index in [0.717, 1.165) is 22.4 Å². The second-order valence-electron chi connectivity index (χ2n) is 4.50. The minimum Gasteiger partial charge on any atom is -0.489 e. The molecule has 1 atom stereocenters. The van der Waals surface area contributed by atoms with Gasteiger partial charge in [0.25, 0.3) is 0 Å². The number of ether oxygens (including phenoxy) is 1. The smallest absolute Gasteiger partial charge is 0.119 e. The maximum atomic E-state index is 10.2. The molecule has 0 aliphatic carbocycles. The summed E-state index contributed by atoms with van der Waals surface area (Å²) in [5, 5.41) is 10.2. The summed E-state index contributed by atoms with van der Waals surface area (Å²) in [5.41, 5.74) is 2.56. The highest BCUT2D eigenvalue weighted by Crippen LogP contribution is 2.23. The van der Waals surface area contributed by atoms with Crippen molar-refractivity contribution in [3.8, 4) is 5.75 Å². The number of aliphatic hydroxyl groups excluding tert-OH is 1. The van der Waals surface area contributed by atoms with E-state index in [0.29, 0.717) is 6.61 Å². The minimum atomic E-state index is -0.663. The van der Waals surface area contributed by atoms with E-state index in [1.807, 2.05) is 43.3 Å². The molecule has 1 aromatic carbocycles. The van der Waals surface area contributed by atoms with Crippen molar-refractivity contribution < 1.29 is 9.84 Å². The summed E-state index contributed by atoms with van der Waals surface area (Å²) in [6, 6.07) is 11.1. The summed E-state index contributed by atoms with van der Waals surface area (Å²) in [5.74, 6) is 0.769. The van der Waals surface area contributed by atoms with E-state index < -0.39 is 6.10 Å².